The average molecular weight is 812 g/mol. The van der Waals surface area contributed by atoms with Crippen molar-refractivity contribution in [2.24, 2.45) is 5.92 Å². The third-order valence-corrected chi connectivity index (χ3v) is 13.2. The molecular weight excluding hydrogens is 775 g/mol. The van der Waals surface area contributed by atoms with Crippen molar-refractivity contribution in [2.45, 2.75) is 18.8 Å². The lowest BCUT2D eigenvalue weighted by molar-refractivity contribution is 0.617. The molecule has 298 valence electrons. The molecule has 0 radical (unpaired) electrons. The summed E-state index contributed by atoms with van der Waals surface area (Å²) in [4.78, 5) is 20.7. The zero-order valence-corrected chi connectivity index (χ0v) is 34.2. The molecule has 1 aliphatic heterocycles. The summed E-state index contributed by atoms with van der Waals surface area (Å²) in [5.74, 6) is 1.26. The highest BCUT2D eigenvalue weighted by Gasteiger charge is 2.52. The van der Waals surface area contributed by atoms with Gasteiger partial charge in [-0.1, -0.05) is 116 Å². The molecule has 2 aliphatic carbocycles. The van der Waals surface area contributed by atoms with Gasteiger partial charge in [-0.15, -0.1) is 0 Å². The second-order valence-electron chi connectivity index (χ2n) is 16.6. The number of benzene rings is 6. The molecule has 1 atom stereocenters. The Morgan fingerprint density at radius 1 is 0.556 bits per heavy atom. The molecule has 6 aromatic carbocycles. The number of nitrogens with zero attached hydrogens (tertiary/aromatic N) is 5. The molecule has 1 spiro atoms. The summed E-state index contributed by atoms with van der Waals surface area (Å²) < 4.78 is 12.7. The van der Waals surface area contributed by atoms with E-state index in [9.17, 15) is 0 Å². The molecule has 1 unspecified atom stereocenters. The Kier molecular flexibility index (Phi) is 7.72. The lowest BCUT2D eigenvalue weighted by Gasteiger charge is -2.45. The van der Waals surface area contributed by atoms with Crippen LogP contribution in [0.3, 0.4) is 0 Å². The molecule has 5 heterocycles. The van der Waals surface area contributed by atoms with Gasteiger partial charge in [0.15, 0.2) is 11.2 Å². The predicted molar refractivity (Wildman–Crippen MR) is 250 cm³/mol. The normalized spacial score (nSPS) is 15.8. The number of fused-ring (bicyclic) bond motifs is 11. The molecule has 3 aliphatic rings. The molecule has 13 rings (SSSR count). The third-order valence-electron chi connectivity index (χ3n) is 13.2. The van der Waals surface area contributed by atoms with E-state index in [2.05, 4.69) is 167 Å². The van der Waals surface area contributed by atoms with E-state index < -0.39 is 5.41 Å². The number of hydrogen-bond donors (Lipinski definition) is 0. The predicted octanol–water partition coefficient (Wildman–Crippen LogP) is 13.7. The Hall–Kier alpha value is -8.16. The van der Waals surface area contributed by atoms with Crippen molar-refractivity contribution in [2.75, 3.05) is 4.90 Å². The first-order chi connectivity index (χ1) is 31.1. The summed E-state index contributed by atoms with van der Waals surface area (Å²) in [7, 11) is 0. The molecule has 0 fully saturated rings. The molecule has 63 heavy (non-hydrogen) atoms. The van der Waals surface area contributed by atoms with Gasteiger partial charge in [0, 0.05) is 41.3 Å². The van der Waals surface area contributed by atoms with E-state index in [1.54, 1.807) is 24.8 Å². The number of hydrogen-bond acceptors (Lipinski definition) is 7. The van der Waals surface area contributed by atoms with E-state index >= 15 is 0 Å². The van der Waals surface area contributed by atoms with Crippen molar-refractivity contribution in [1.29, 1.82) is 0 Å². The Morgan fingerprint density at radius 2 is 1.11 bits per heavy atom. The maximum atomic E-state index is 6.34. The molecule has 0 N–H and O–H groups in total. The van der Waals surface area contributed by atoms with Crippen molar-refractivity contribution in [1.82, 2.24) is 19.9 Å². The fraction of sp³-hybridized carbons (Fsp3) is 0.0714. The minimum Gasteiger partial charge on any atom is -0.436 e. The summed E-state index contributed by atoms with van der Waals surface area (Å²) >= 11 is 0. The SMILES string of the molecule is CC1CC=C(c2cccc3c2-c2ccccc2C32c3ccccc3N(c3ccccc3)c3ccccc32)C=C1c1cc(-c2nc3cnccc3o2)cc(-c2nc3cnccc3o2)c1. The summed E-state index contributed by atoms with van der Waals surface area (Å²) in [6.45, 7) is 2.30. The van der Waals surface area contributed by atoms with E-state index in [1.165, 1.54) is 61.5 Å². The number of pyridine rings is 2. The van der Waals surface area contributed by atoms with Crippen molar-refractivity contribution in [3.63, 3.8) is 0 Å². The van der Waals surface area contributed by atoms with Crippen LogP contribution in [0.15, 0.2) is 197 Å². The smallest absolute Gasteiger partial charge is 0.227 e. The number of aromatic nitrogens is 4. The van der Waals surface area contributed by atoms with Gasteiger partial charge in [0.1, 0.15) is 11.0 Å². The molecule has 0 amide bonds. The largest absolute Gasteiger partial charge is 0.436 e. The van der Waals surface area contributed by atoms with E-state index in [0.717, 1.165) is 28.8 Å². The van der Waals surface area contributed by atoms with Gasteiger partial charge in [0.2, 0.25) is 11.8 Å². The standard InChI is InChI=1S/C56H37N5O2/c1-34-22-23-35(31-42(34)36-28-37(54-59-47-32-57-26-24-51(47)62-54)30-38(29-36)55-60-48-33-58-27-25-52(48)63-55)40-15-11-19-46-53(40)41-14-5-6-16-43(41)56(46)44-17-7-9-20-49(44)61(39-12-3-2-4-13-39)50-21-10-8-18-45(50)56/h2-21,23-34H,22H2,1H3. The van der Waals surface area contributed by atoms with Gasteiger partial charge < -0.3 is 13.7 Å². The van der Waals surface area contributed by atoms with Crippen LogP contribution in [-0.4, -0.2) is 19.9 Å². The van der Waals surface area contributed by atoms with Crippen LogP contribution in [0.1, 0.15) is 46.7 Å². The minimum absolute atomic E-state index is 0.231. The minimum atomic E-state index is -0.539. The maximum Gasteiger partial charge on any atom is 0.227 e. The summed E-state index contributed by atoms with van der Waals surface area (Å²) in [6, 6.07) is 54.8. The van der Waals surface area contributed by atoms with Gasteiger partial charge >= 0.3 is 0 Å². The van der Waals surface area contributed by atoms with Gasteiger partial charge in [-0.2, -0.15) is 0 Å². The van der Waals surface area contributed by atoms with Gasteiger partial charge in [-0.05, 0) is 110 Å². The maximum absolute atomic E-state index is 6.34. The summed E-state index contributed by atoms with van der Waals surface area (Å²) in [6.07, 6.45) is 12.6. The third kappa shape index (κ3) is 5.26. The van der Waals surface area contributed by atoms with Crippen molar-refractivity contribution < 1.29 is 8.83 Å². The average Bonchev–Trinajstić information content (AvgIpc) is 4.06. The Balaban J connectivity index is 1.01. The fourth-order valence-corrected chi connectivity index (χ4v) is 10.5. The molecule has 7 heteroatoms. The van der Waals surface area contributed by atoms with E-state index in [1.807, 2.05) is 18.2 Å². The van der Waals surface area contributed by atoms with Gasteiger partial charge in [0.05, 0.1) is 29.2 Å². The van der Waals surface area contributed by atoms with Crippen LogP contribution in [0.4, 0.5) is 17.1 Å². The number of oxazole rings is 2. The molecule has 0 saturated heterocycles. The van der Waals surface area contributed by atoms with Gasteiger partial charge in [-0.3, -0.25) is 9.97 Å². The lowest BCUT2D eigenvalue weighted by Crippen LogP contribution is -2.36. The number of anilines is 3. The lowest BCUT2D eigenvalue weighted by atomic mass is 9.64. The van der Waals surface area contributed by atoms with Crippen LogP contribution in [-0.2, 0) is 5.41 Å². The number of para-hydroxylation sites is 3. The first kappa shape index (κ1) is 35.6. The summed E-state index contributed by atoms with van der Waals surface area (Å²) in [5, 5.41) is 0. The quantitative estimate of drug-likeness (QED) is 0.171. The van der Waals surface area contributed by atoms with Crippen LogP contribution in [0.2, 0.25) is 0 Å². The molecule has 0 saturated carbocycles. The second-order valence-corrected chi connectivity index (χ2v) is 16.6. The monoisotopic (exact) mass is 811 g/mol. The highest BCUT2D eigenvalue weighted by atomic mass is 16.4. The highest BCUT2D eigenvalue weighted by Crippen LogP contribution is 2.64. The highest BCUT2D eigenvalue weighted by molar-refractivity contribution is 6.01. The fourth-order valence-electron chi connectivity index (χ4n) is 10.5. The van der Waals surface area contributed by atoms with Crippen LogP contribution in [0, 0.1) is 5.92 Å². The van der Waals surface area contributed by atoms with E-state index in [0.29, 0.717) is 34.0 Å². The van der Waals surface area contributed by atoms with E-state index in [4.69, 9.17) is 18.8 Å². The Bertz CT molecular complexity index is 3340. The first-order valence-electron chi connectivity index (χ1n) is 21.4. The van der Waals surface area contributed by atoms with Crippen LogP contribution in [0.25, 0.3) is 67.4 Å². The first-order valence-corrected chi connectivity index (χ1v) is 21.4. The molecule has 10 aromatic rings. The van der Waals surface area contributed by atoms with Gasteiger partial charge in [0.25, 0.3) is 0 Å². The Labute approximate surface area is 363 Å². The number of allylic oxidation sites excluding steroid dienone is 4. The van der Waals surface area contributed by atoms with E-state index in [-0.39, 0.29) is 5.92 Å². The summed E-state index contributed by atoms with van der Waals surface area (Å²) in [5.41, 5.74) is 19.8. The van der Waals surface area contributed by atoms with Crippen LogP contribution >= 0.6 is 0 Å². The van der Waals surface area contributed by atoms with Gasteiger partial charge in [-0.25, -0.2) is 9.97 Å². The van der Waals surface area contributed by atoms with Crippen LogP contribution in [0.5, 0.6) is 0 Å². The van der Waals surface area contributed by atoms with Crippen molar-refractivity contribution in [3.8, 4) is 34.0 Å². The molecule has 4 aromatic heterocycles. The van der Waals surface area contributed by atoms with Crippen molar-refractivity contribution in [3.05, 3.63) is 222 Å². The van der Waals surface area contributed by atoms with Crippen LogP contribution < -0.4 is 4.90 Å². The Morgan fingerprint density at radius 3 is 1.76 bits per heavy atom. The number of rotatable bonds is 5. The molecule has 0 bridgehead atoms. The second kappa shape index (κ2) is 13.7. The molecular formula is C56H37N5O2. The van der Waals surface area contributed by atoms with Crippen molar-refractivity contribution >= 4 is 50.4 Å². The molecule has 7 nitrogen and oxygen atoms in total. The zero-order valence-electron chi connectivity index (χ0n) is 34.2. The zero-order chi connectivity index (χ0) is 41.6. The topological polar surface area (TPSA) is 81.1 Å².